The Hall–Kier alpha value is -2.42. The molecular formula is C24H28ClN3O4S. The molecule has 33 heavy (non-hydrogen) atoms. The SMILES string of the molecule is CCOC(=O)CCC(=O)N(CCc1csc2nc(-c3ccc(Cl)cc3)cn12)CC1CCCO1. The van der Waals surface area contributed by atoms with Crippen LogP contribution < -0.4 is 0 Å². The number of nitrogens with zero attached hydrogens (tertiary/aromatic N) is 3. The van der Waals surface area contributed by atoms with Crippen molar-refractivity contribution in [1.29, 1.82) is 0 Å². The first-order valence-corrected chi connectivity index (χ1v) is 12.6. The van der Waals surface area contributed by atoms with Gasteiger partial charge in [-0.15, -0.1) is 11.3 Å². The number of imidazole rings is 1. The Balaban J connectivity index is 1.44. The van der Waals surface area contributed by atoms with E-state index in [4.69, 9.17) is 26.1 Å². The summed E-state index contributed by atoms with van der Waals surface area (Å²) in [6.07, 6.45) is 4.99. The third kappa shape index (κ3) is 6.13. The van der Waals surface area contributed by atoms with Crippen molar-refractivity contribution < 1.29 is 19.1 Å². The zero-order chi connectivity index (χ0) is 23.2. The Bertz CT molecular complexity index is 1090. The van der Waals surface area contributed by atoms with Crippen molar-refractivity contribution in [1.82, 2.24) is 14.3 Å². The molecule has 1 atom stereocenters. The van der Waals surface area contributed by atoms with Crippen molar-refractivity contribution >= 4 is 39.8 Å². The number of amides is 1. The van der Waals surface area contributed by atoms with Gasteiger partial charge in [-0.3, -0.25) is 14.0 Å². The van der Waals surface area contributed by atoms with E-state index in [0.717, 1.165) is 41.4 Å². The lowest BCUT2D eigenvalue weighted by molar-refractivity contribution is -0.146. The van der Waals surface area contributed by atoms with E-state index in [-0.39, 0.29) is 30.8 Å². The van der Waals surface area contributed by atoms with Crippen molar-refractivity contribution in [2.24, 2.45) is 0 Å². The van der Waals surface area contributed by atoms with Gasteiger partial charge >= 0.3 is 5.97 Å². The van der Waals surface area contributed by atoms with E-state index in [0.29, 0.717) is 31.1 Å². The summed E-state index contributed by atoms with van der Waals surface area (Å²) in [6, 6.07) is 7.63. The van der Waals surface area contributed by atoms with Crippen LogP contribution in [0.25, 0.3) is 16.2 Å². The lowest BCUT2D eigenvalue weighted by atomic mass is 10.2. The lowest BCUT2D eigenvalue weighted by Gasteiger charge is -2.25. The number of esters is 1. The highest BCUT2D eigenvalue weighted by molar-refractivity contribution is 7.15. The van der Waals surface area contributed by atoms with E-state index in [1.165, 1.54) is 0 Å². The lowest BCUT2D eigenvalue weighted by Crippen LogP contribution is -2.39. The smallest absolute Gasteiger partial charge is 0.306 e. The maximum atomic E-state index is 12.9. The number of thiazole rings is 1. The third-order valence-corrected chi connectivity index (χ3v) is 6.85. The minimum Gasteiger partial charge on any atom is -0.466 e. The topological polar surface area (TPSA) is 73.1 Å². The molecule has 176 valence electrons. The van der Waals surface area contributed by atoms with Crippen LogP contribution in [0.3, 0.4) is 0 Å². The van der Waals surface area contributed by atoms with Gasteiger partial charge in [-0.2, -0.15) is 0 Å². The summed E-state index contributed by atoms with van der Waals surface area (Å²) in [5, 5.41) is 2.78. The van der Waals surface area contributed by atoms with Crippen LogP contribution in [0.2, 0.25) is 5.02 Å². The van der Waals surface area contributed by atoms with E-state index in [1.807, 2.05) is 35.4 Å². The average molecular weight is 490 g/mol. The van der Waals surface area contributed by atoms with Gasteiger partial charge in [0.15, 0.2) is 4.96 Å². The van der Waals surface area contributed by atoms with Crippen LogP contribution in [0.15, 0.2) is 35.8 Å². The molecule has 0 saturated carbocycles. The van der Waals surface area contributed by atoms with Crippen LogP contribution >= 0.6 is 22.9 Å². The van der Waals surface area contributed by atoms with Crippen LogP contribution in [0.1, 0.15) is 38.3 Å². The Morgan fingerprint density at radius 1 is 1.30 bits per heavy atom. The van der Waals surface area contributed by atoms with Gasteiger partial charge in [0.2, 0.25) is 5.91 Å². The van der Waals surface area contributed by atoms with Gasteiger partial charge in [-0.05, 0) is 31.9 Å². The molecule has 7 nitrogen and oxygen atoms in total. The van der Waals surface area contributed by atoms with Crippen LogP contribution in [0.4, 0.5) is 0 Å². The molecule has 0 radical (unpaired) electrons. The zero-order valence-corrected chi connectivity index (χ0v) is 20.2. The second-order valence-electron chi connectivity index (χ2n) is 8.04. The minimum absolute atomic E-state index is 0.0440. The molecule has 1 aromatic carbocycles. The summed E-state index contributed by atoms with van der Waals surface area (Å²) in [5.41, 5.74) is 3.00. The maximum Gasteiger partial charge on any atom is 0.306 e. The van der Waals surface area contributed by atoms with E-state index in [1.54, 1.807) is 18.3 Å². The normalized spacial score (nSPS) is 15.8. The highest BCUT2D eigenvalue weighted by Crippen LogP contribution is 2.25. The molecule has 1 unspecified atom stereocenters. The van der Waals surface area contributed by atoms with E-state index in [2.05, 4.69) is 9.78 Å². The monoisotopic (exact) mass is 489 g/mol. The Morgan fingerprint density at radius 3 is 2.85 bits per heavy atom. The number of halogens is 1. The largest absolute Gasteiger partial charge is 0.466 e. The fourth-order valence-electron chi connectivity index (χ4n) is 3.97. The summed E-state index contributed by atoms with van der Waals surface area (Å²) in [6.45, 7) is 3.93. The molecule has 1 aliphatic heterocycles. The number of aromatic nitrogens is 2. The van der Waals surface area contributed by atoms with Gasteiger partial charge < -0.3 is 14.4 Å². The maximum absolute atomic E-state index is 12.9. The second kappa shape index (κ2) is 11.1. The standard InChI is InChI=1S/C24H28ClN3O4S/c1-2-31-23(30)10-9-22(29)27(14-20-4-3-13-32-20)12-11-19-16-33-24-26-21(15-28(19)24)17-5-7-18(25)8-6-17/h5-8,15-16,20H,2-4,9-14H2,1H3. The van der Waals surface area contributed by atoms with E-state index < -0.39 is 0 Å². The molecule has 3 heterocycles. The number of fused-ring (bicyclic) bond motifs is 1. The summed E-state index contributed by atoms with van der Waals surface area (Å²) in [4.78, 5) is 32.1. The van der Waals surface area contributed by atoms with Gasteiger partial charge in [0, 0.05) is 60.4 Å². The Kier molecular flexibility index (Phi) is 8.01. The highest BCUT2D eigenvalue weighted by atomic mass is 35.5. The first kappa shape index (κ1) is 23.7. The number of hydrogen-bond donors (Lipinski definition) is 0. The van der Waals surface area contributed by atoms with Gasteiger partial charge in [0.1, 0.15) is 0 Å². The van der Waals surface area contributed by atoms with Crippen molar-refractivity contribution in [2.45, 2.75) is 45.1 Å². The molecule has 0 spiro atoms. The molecule has 1 fully saturated rings. The molecule has 0 aliphatic carbocycles. The molecule has 0 N–H and O–H groups in total. The second-order valence-corrected chi connectivity index (χ2v) is 9.32. The van der Waals surface area contributed by atoms with Crippen molar-refractivity contribution in [3.05, 3.63) is 46.6 Å². The summed E-state index contributed by atoms with van der Waals surface area (Å²) in [5.74, 6) is -0.381. The average Bonchev–Trinajstić information content (AvgIpc) is 3.54. The first-order valence-electron chi connectivity index (χ1n) is 11.3. The van der Waals surface area contributed by atoms with Crippen molar-refractivity contribution in [3.63, 3.8) is 0 Å². The molecule has 2 aromatic heterocycles. The predicted octanol–water partition coefficient (Wildman–Crippen LogP) is 4.61. The molecule has 9 heteroatoms. The Morgan fingerprint density at radius 2 is 2.12 bits per heavy atom. The van der Waals surface area contributed by atoms with Crippen LogP contribution in [0.5, 0.6) is 0 Å². The number of benzene rings is 1. The summed E-state index contributed by atoms with van der Waals surface area (Å²) < 4.78 is 12.8. The number of hydrogen-bond acceptors (Lipinski definition) is 6. The van der Waals surface area contributed by atoms with Crippen molar-refractivity contribution in [3.8, 4) is 11.3 Å². The third-order valence-electron chi connectivity index (χ3n) is 5.71. The van der Waals surface area contributed by atoms with Crippen LogP contribution in [0, 0.1) is 0 Å². The molecule has 1 saturated heterocycles. The highest BCUT2D eigenvalue weighted by Gasteiger charge is 2.23. The number of carbonyl (C=O) groups is 2. The predicted molar refractivity (Wildman–Crippen MR) is 129 cm³/mol. The zero-order valence-electron chi connectivity index (χ0n) is 18.7. The molecular weight excluding hydrogens is 462 g/mol. The van der Waals surface area contributed by atoms with Crippen LogP contribution in [-0.4, -0.2) is 58.6 Å². The number of ether oxygens (including phenoxy) is 2. The first-order chi connectivity index (χ1) is 16.0. The van der Waals surface area contributed by atoms with Gasteiger partial charge in [-0.1, -0.05) is 23.7 Å². The minimum atomic E-state index is -0.337. The van der Waals surface area contributed by atoms with E-state index in [9.17, 15) is 9.59 Å². The molecule has 3 aromatic rings. The molecule has 4 rings (SSSR count). The van der Waals surface area contributed by atoms with E-state index >= 15 is 0 Å². The fourth-order valence-corrected chi connectivity index (χ4v) is 5.00. The summed E-state index contributed by atoms with van der Waals surface area (Å²) in [7, 11) is 0. The fraction of sp³-hybridized carbons (Fsp3) is 0.458. The van der Waals surface area contributed by atoms with Crippen LogP contribution in [-0.2, 0) is 25.5 Å². The van der Waals surface area contributed by atoms with Gasteiger partial charge in [0.05, 0.1) is 24.8 Å². The molecule has 1 amide bonds. The number of rotatable bonds is 10. The quantitative estimate of drug-likeness (QED) is 0.389. The Labute approximate surface area is 202 Å². The summed E-state index contributed by atoms with van der Waals surface area (Å²) >= 11 is 7.59. The van der Waals surface area contributed by atoms with Gasteiger partial charge in [0.25, 0.3) is 0 Å². The number of carbonyl (C=O) groups excluding carboxylic acids is 2. The molecule has 1 aliphatic rings. The molecule has 0 bridgehead atoms. The van der Waals surface area contributed by atoms with Gasteiger partial charge in [-0.25, -0.2) is 4.98 Å². The van der Waals surface area contributed by atoms with Crippen molar-refractivity contribution in [2.75, 3.05) is 26.3 Å².